The van der Waals surface area contributed by atoms with Crippen LogP contribution in [-0.2, 0) is 19.9 Å². The van der Waals surface area contributed by atoms with Gasteiger partial charge in [-0.05, 0) is 50.4 Å². The molecule has 2 aromatic rings. The number of halogens is 3. The first-order chi connectivity index (χ1) is 21.0. The average Bonchev–Trinajstić information content (AvgIpc) is 3.30. The van der Waals surface area contributed by atoms with Crippen LogP contribution < -0.4 is 9.64 Å². The summed E-state index contributed by atoms with van der Waals surface area (Å²) in [6, 6.07) is 17.9. The molecule has 0 spiro atoms. The molecule has 240 valence electrons. The number of anilines is 1. The molecule has 2 amide bonds. The van der Waals surface area contributed by atoms with Gasteiger partial charge in [-0.15, -0.1) is 0 Å². The lowest BCUT2D eigenvalue weighted by molar-refractivity contribution is -0.149. The van der Waals surface area contributed by atoms with Crippen LogP contribution in [0.3, 0.4) is 0 Å². The number of carbonyl (C=O) groups excluding carboxylic acids is 2. The number of carbonyl (C=O) groups is 3. The number of carboxylic acids is 1. The third kappa shape index (κ3) is 7.96. The fraction of sp³-hybridized carbons (Fsp3) is 0.500. The molecule has 1 saturated heterocycles. The summed E-state index contributed by atoms with van der Waals surface area (Å²) < 4.78 is 36.2. The SMILES string of the molecule is CC(C)C1=NC(C)(c2ccccc2)C(=O)N1CCCN1CCC(N2C(=O)COc3ccccc32)CC1.CF.O=C(O)C(F)F. The summed E-state index contributed by atoms with van der Waals surface area (Å²) in [6.45, 7) is 9.74. The van der Waals surface area contributed by atoms with Crippen LogP contribution in [-0.4, -0.2) is 91.0 Å². The molecular formula is C32H41F3N4O5. The Morgan fingerprint density at radius 1 is 1.02 bits per heavy atom. The lowest BCUT2D eigenvalue weighted by atomic mass is 9.92. The van der Waals surface area contributed by atoms with Gasteiger partial charge in [-0.25, -0.2) is 4.79 Å². The van der Waals surface area contributed by atoms with Crippen molar-refractivity contribution in [2.24, 2.45) is 10.9 Å². The highest BCUT2D eigenvalue weighted by Crippen LogP contribution is 2.36. The number of para-hydroxylation sites is 2. The van der Waals surface area contributed by atoms with E-state index >= 15 is 0 Å². The minimum atomic E-state index is -3.23. The Balaban J connectivity index is 0.000000593. The minimum absolute atomic E-state index is 0.0432. The molecular weight excluding hydrogens is 577 g/mol. The maximum Gasteiger partial charge on any atom is 0.371 e. The molecule has 12 heteroatoms. The van der Waals surface area contributed by atoms with E-state index in [2.05, 4.69) is 18.7 Å². The smallest absolute Gasteiger partial charge is 0.371 e. The van der Waals surface area contributed by atoms with Gasteiger partial charge in [0.15, 0.2) is 12.1 Å². The van der Waals surface area contributed by atoms with Gasteiger partial charge in [0.25, 0.3) is 11.8 Å². The van der Waals surface area contributed by atoms with Crippen LogP contribution in [0.4, 0.5) is 18.9 Å². The second-order valence-corrected chi connectivity index (χ2v) is 11.1. The topological polar surface area (TPSA) is 103 Å². The first kappa shape index (κ1) is 34.6. The molecule has 0 bridgehead atoms. The van der Waals surface area contributed by atoms with Gasteiger partial charge in [-0.3, -0.25) is 23.9 Å². The van der Waals surface area contributed by atoms with Crippen LogP contribution in [0.15, 0.2) is 59.6 Å². The van der Waals surface area contributed by atoms with Crippen molar-refractivity contribution in [3.8, 4) is 5.75 Å². The van der Waals surface area contributed by atoms with Gasteiger partial charge in [-0.1, -0.05) is 56.3 Å². The molecule has 1 fully saturated rings. The Kier molecular flexibility index (Phi) is 12.3. The lowest BCUT2D eigenvalue weighted by Gasteiger charge is -2.40. The van der Waals surface area contributed by atoms with E-state index in [9.17, 15) is 22.8 Å². The number of piperidine rings is 1. The van der Waals surface area contributed by atoms with Crippen LogP contribution in [0.2, 0.25) is 0 Å². The molecule has 44 heavy (non-hydrogen) atoms. The number of fused-ring (bicyclic) bond motifs is 1. The molecule has 0 saturated carbocycles. The predicted molar refractivity (Wildman–Crippen MR) is 162 cm³/mol. The summed E-state index contributed by atoms with van der Waals surface area (Å²) in [6.07, 6.45) is -0.460. The van der Waals surface area contributed by atoms with Gasteiger partial charge in [0.1, 0.15) is 11.6 Å². The highest BCUT2D eigenvalue weighted by atomic mass is 19.3. The standard InChI is InChI=1S/C29H36N4O3.C2H2F2O2.CH3F/c1-21(2)27-30-29(3,22-10-5-4-6-11-22)28(35)32(27)17-9-16-31-18-14-23(15-19-31)33-24-12-7-8-13-25(24)36-20-26(33)34;3-1(4)2(5)6;1-2/h4-8,10-13,21,23H,9,14-20H2,1-3H3;1H,(H,5,6);1H3. The van der Waals surface area contributed by atoms with E-state index in [4.69, 9.17) is 19.6 Å². The van der Waals surface area contributed by atoms with Gasteiger partial charge in [0.2, 0.25) is 0 Å². The lowest BCUT2D eigenvalue weighted by Crippen LogP contribution is -2.51. The van der Waals surface area contributed by atoms with Crippen molar-refractivity contribution < 1.29 is 37.4 Å². The number of rotatable bonds is 8. The largest absolute Gasteiger partial charge is 0.482 e. The molecule has 1 atom stereocenters. The summed E-state index contributed by atoms with van der Waals surface area (Å²) in [5.41, 5.74) is 0.985. The normalized spacial score (nSPS) is 20.3. The summed E-state index contributed by atoms with van der Waals surface area (Å²) in [7, 11) is 0.500. The number of aliphatic carboxylic acids is 1. The predicted octanol–water partition coefficient (Wildman–Crippen LogP) is 5.00. The Labute approximate surface area is 256 Å². The molecule has 3 heterocycles. The Hall–Kier alpha value is -3.93. The molecule has 0 aliphatic carbocycles. The maximum atomic E-state index is 13.5. The first-order valence-electron chi connectivity index (χ1n) is 14.6. The summed E-state index contributed by atoms with van der Waals surface area (Å²) in [5.74, 6) is -0.101. The minimum Gasteiger partial charge on any atom is -0.482 e. The van der Waals surface area contributed by atoms with E-state index in [0.29, 0.717) is 13.7 Å². The molecule has 9 nitrogen and oxygen atoms in total. The van der Waals surface area contributed by atoms with Crippen molar-refractivity contribution in [3.05, 3.63) is 60.2 Å². The third-order valence-electron chi connectivity index (χ3n) is 7.84. The molecule has 3 aliphatic rings. The number of carboxylic acid groups (broad SMARTS) is 1. The summed E-state index contributed by atoms with van der Waals surface area (Å²) in [4.78, 5) is 46.4. The molecule has 1 unspecified atom stereocenters. The van der Waals surface area contributed by atoms with Gasteiger partial charge < -0.3 is 19.6 Å². The number of hydrogen-bond donors (Lipinski definition) is 1. The molecule has 1 N–H and O–H groups in total. The fourth-order valence-corrected chi connectivity index (χ4v) is 5.69. The van der Waals surface area contributed by atoms with Crippen molar-refractivity contribution in [2.75, 3.05) is 44.9 Å². The number of benzene rings is 2. The zero-order valence-electron chi connectivity index (χ0n) is 25.6. The van der Waals surface area contributed by atoms with Crippen molar-refractivity contribution in [1.82, 2.24) is 9.80 Å². The van der Waals surface area contributed by atoms with E-state index in [1.165, 1.54) is 0 Å². The number of amides is 2. The first-order valence-corrected chi connectivity index (χ1v) is 14.6. The van der Waals surface area contributed by atoms with Crippen molar-refractivity contribution in [3.63, 3.8) is 0 Å². The maximum absolute atomic E-state index is 13.5. The zero-order chi connectivity index (χ0) is 32.4. The number of nitrogens with zero attached hydrogens (tertiary/aromatic N) is 4. The number of amidine groups is 1. The quantitative estimate of drug-likeness (QED) is 0.447. The zero-order valence-corrected chi connectivity index (χ0v) is 25.6. The molecule has 2 aromatic carbocycles. The van der Waals surface area contributed by atoms with E-state index in [-0.39, 0.29) is 30.4 Å². The van der Waals surface area contributed by atoms with Gasteiger partial charge in [0.05, 0.1) is 12.9 Å². The van der Waals surface area contributed by atoms with E-state index in [1.54, 1.807) is 0 Å². The number of alkyl halides is 3. The second-order valence-electron chi connectivity index (χ2n) is 11.1. The molecule has 0 radical (unpaired) electrons. The van der Waals surface area contributed by atoms with Gasteiger partial charge in [0, 0.05) is 31.6 Å². The van der Waals surface area contributed by atoms with E-state index in [0.717, 1.165) is 61.7 Å². The fourth-order valence-electron chi connectivity index (χ4n) is 5.69. The molecule has 5 rings (SSSR count). The van der Waals surface area contributed by atoms with Crippen molar-refractivity contribution in [2.45, 2.75) is 58.0 Å². The number of hydrogen-bond acceptors (Lipinski definition) is 6. The average molecular weight is 619 g/mol. The highest BCUT2D eigenvalue weighted by Gasteiger charge is 2.46. The highest BCUT2D eigenvalue weighted by molar-refractivity contribution is 6.09. The van der Waals surface area contributed by atoms with Crippen LogP contribution in [0.25, 0.3) is 0 Å². The van der Waals surface area contributed by atoms with Crippen LogP contribution >= 0.6 is 0 Å². The van der Waals surface area contributed by atoms with E-state index in [1.807, 2.05) is 71.3 Å². The summed E-state index contributed by atoms with van der Waals surface area (Å²) in [5, 5.41) is 7.24. The Bertz CT molecular complexity index is 1300. The molecule has 0 aromatic heterocycles. The third-order valence-corrected chi connectivity index (χ3v) is 7.84. The second kappa shape index (κ2) is 15.7. The Morgan fingerprint density at radius 2 is 1.61 bits per heavy atom. The van der Waals surface area contributed by atoms with Crippen molar-refractivity contribution >= 4 is 29.3 Å². The Morgan fingerprint density at radius 3 is 2.20 bits per heavy atom. The van der Waals surface area contributed by atoms with Crippen LogP contribution in [0.5, 0.6) is 5.75 Å². The van der Waals surface area contributed by atoms with Crippen molar-refractivity contribution in [1.29, 1.82) is 0 Å². The van der Waals surface area contributed by atoms with Gasteiger partial charge >= 0.3 is 12.4 Å². The van der Waals surface area contributed by atoms with E-state index < -0.39 is 17.9 Å². The number of ether oxygens (including phenoxy) is 1. The van der Waals surface area contributed by atoms with Crippen LogP contribution in [0, 0.1) is 5.92 Å². The molecule has 3 aliphatic heterocycles. The number of likely N-dealkylation sites (tertiary alicyclic amines) is 1. The number of aliphatic imine (C=N–C) groups is 1. The monoisotopic (exact) mass is 618 g/mol. The summed E-state index contributed by atoms with van der Waals surface area (Å²) >= 11 is 0. The van der Waals surface area contributed by atoms with Gasteiger partial charge in [-0.2, -0.15) is 8.78 Å². The van der Waals surface area contributed by atoms with Crippen LogP contribution in [0.1, 0.15) is 45.6 Å².